The highest BCUT2D eigenvalue weighted by Crippen LogP contribution is 2.10. The Labute approximate surface area is 137 Å². The SMILES string of the molecule is CN=C(NCCc1cccc(C(=O)NC)c1)NCC1CCCO1. The summed E-state index contributed by atoms with van der Waals surface area (Å²) in [6.45, 7) is 2.40. The predicted molar refractivity (Wildman–Crippen MR) is 91.9 cm³/mol. The second-order valence-electron chi connectivity index (χ2n) is 5.54. The van der Waals surface area contributed by atoms with E-state index in [2.05, 4.69) is 20.9 Å². The second kappa shape index (κ2) is 9.15. The van der Waals surface area contributed by atoms with Crippen LogP contribution in [0.3, 0.4) is 0 Å². The van der Waals surface area contributed by atoms with E-state index in [0.717, 1.165) is 50.5 Å². The van der Waals surface area contributed by atoms with Crippen LogP contribution in [0, 0.1) is 0 Å². The van der Waals surface area contributed by atoms with Gasteiger partial charge < -0.3 is 20.7 Å². The van der Waals surface area contributed by atoms with Gasteiger partial charge in [-0.2, -0.15) is 0 Å². The lowest BCUT2D eigenvalue weighted by Crippen LogP contribution is -2.41. The zero-order chi connectivity index (χ0) is 16.5. The normalized spacial score (nSPS) is 17.8. The molecule has 0 saturated carbocycles. The van der Waals surface area contributed by atoms with Gasteiger partial charge in [-0.05, 0) is 37.0 Å². The third-order valence-corrected chi connectivity index (χ3v) is 3.87. The highest BCUT2D eigenvalue weighted by atomic mass is 16.5. The number of amides is 1. The highest BCUT2D eigenvalue weighted by Gasteiger charge is 2.15. The topological polar surface area (TPSA) is 74.8 Å². The lowest BCUT2D eigenvalue weighted by atomic mass is 10.1. The van der Waals surface area contributed by atoms with Crippen LogP contribution in [0.25, 0.3) is 0 Å². The van der Waals surface area contributed by atoms with Gasteiger partial charge in [0.1, 0.15) is 0 Å². The molecule has 1 aromatic rings. The van der Waals surface area contributed by atoms with E-state index in [9.17, 15) is 4.79 Å². The molecule has 1 heterocycles. The number of carbonyl (C=O) groups is 1. The first-order chi connectivity index (χ1) is 11.2. The number of nitrogens with zero attached hydrogens (tertiary/aromatic N) is 1. The molecule has 126 valence electrons. The first-order valence-electron chi connectivity index (χ1n) is 8.10. The van der Waals surface area contributed by atoms with E-state index < -0.39 is 0 Å². The monoisotopic (exact) mass is 318 g/mol. The van der Waals surface area contributed by atoms with Crippen molar-refractivity contribution < 1.29 is 9.53 Å². The predicted octanol–water partition coefficient (Wildman–Crippen LogP) is 0.933. The number of carbonyl (C=O) groups excluding carboxylic acids is 1. The third kappa shape index (κ3) is 5.56. The minimum absolute atomic E-state index is 0.0613. The van der Waals surface area contributed by atoms with Crippen LogP contribution in [-0.2, 0) is 11.2 Å². The molecule has 0 bridgehead atoms. The van der Waals surface area contributed by atoms with E-state index in [1.165, 1.54) is 0 Å². The fourth-order valence-corrected chi connectivity index (χ4v) is 2.57. The van der Waals surface area contributed by atoms with Crippen LogP contribution in [0.15, 0.2) is 29.3 Å². The Morgan fingerprint density at radius 2 is 2.26 bits per heavy atom. The number of ether oxygens (including phenoxy) is 1. The summed E-state index contributed by atoms with van der Waals surface area (Å²) in [4.78, 5) is 15.9. The standard InChI is InChI=1S/C17H26N4O2/c1-18-16(22)14-6-3-5-13(11-14)8-9-20-17(19-2)21-12-15-7-4-10-23-15/h3,5-6,11,15H,4,7-10,12H2,1-2H3,(H,18,22)(H2,19,20,21). The molecule has 6 heteroatoms. The van der Waals surface area contributed by atoms with Crippen molar-refractivity contribution in [2.24, 2.45) is 4.99 Å². The van der Waals surface area contributed by atoms with Crippen molar-refractivity contribution in [1.29, 1.82) is 0 Å². The fraction of sp³-hybridized carbons (Fsp3) is 0.529. The Balaban J connectivity index is 1.75. The van der Waals surface area contributed by atoms with Crippen molar-refractivity contribution >= 4 is 11.9 Å². The molecule has 1 aliphatic rings. The maximum Gasteiger partial charge on any atom is 0.251 e. The zero-order valence-electron chi connectivity index (χ0n) is 13.9. The molecule has 1 unspecified atom stereocenters. The maximum atomic E-state index is 11.6. The summed E-state index contributed by atoms with van der Waals surface area (Å²) in [7, 11) is 3.40. The summed E-state index contributed by atoms with van der Waals surface area (Å²) in [5.74, 6) is 0.719. The molecule has 0 aliphatic carbocycles. The van der Waals surface area contributed by atoms with Gasteiger partial charge in [-0.25, -0.2) is 0 Å². The minimum Gasteiger partial charge on any atom is -0.376 e. The molecule has 1 saturated heterocycles. The van der Waals surface area contributed by atoms with E-state index in [-0.39, 0.29) is 12.0 Å². The molecule has 1 atom stereocenters. The van der Waals surface area contributed by atoms with Gasteiger partial charge in [0, 0.05) is 39.4 Å². The number of rotatable bonds is 6. The Hall–Kier alpha value is -2.08. The van der Waals surface area contributed by atoms with Gasteiger partial charge in [-0.1, -0.05) is 12.1 Å². The van der Waals surface area contributed by atoms with Crippen LogP contribution in [0.4, 0.5) is 0 Å². The van der Waals surface area contributed by atoms with Crippen molar-refractivity contribution in [3.63, 3.8) is 0 Å². The zero-order valence-corrected chi connectivity index (χ0v) is 13.9. The molecular formula is C17H26N4O2. The molecule has 1 fully saturated rings. The van der Waals surface area contributed by atoms with Crippen LogP contribution >= 0.6 is 0 Å². The molecule has 0 radical (unpaired) electrons. The summed E-state index contributed by atoms with van der Waals surface area (Å²) in [6, 6.07) is 7.67. The van der Waals surface area contributed by atoms with Crippen molar-refractivity contribution in [2.75, 3.05) is 33.8 Å². The van der Waals surface area contributed by atoms with Gasteiger partial charge in [0.05, 0.1) is 6.10 Å². The summed E-state index contributed by atoms with van der Waals surface area (Å²) in [5.41, 5.74) is 1.80. The minimum atomic E-state index is -0.0613. The molecule has 23 heavy (non-hydrogen) atoms. The fourth-order valence-electron chi connectivity index (χ4n) is 2.57. The van der Waals surface area contributed by atoms with E-state index in [1.807, 2.05) is 24.3 Å². The van der Waals surface area contributed by atoms with Crippen LogP contribution in [-0.4, -0.2) is 51.8 Å². The average molecular weight is 318 g/mol. The molecule has 6 nitrogen and oxygen atoms in total. The van der Waals surface area contributed by atoms with Gasteiger partial charge in [0.15, 0.2) is 5.96 Å². The molecule has 0 aromatic heterocycles. The van der Waals surface area contributed by atoms with Crippen molar-refractivity contribution in [3.05, 3.63) is 35.4 Å². The quantitative estimate of drug-likeness (QED) is 0.539. The van der Waals surface area contributed by atoms with Gasteiger partial charge in [0.25, 0.3) is 5.91 Å². The van der Waals surface area contributed by atoms with Crippen molar-refractivity contribution in [3.8, 4) is 0 Å². The number of hydrogen-bond donors (Lipinski definition) is 3. The van der Waals surface area contributed by atoms with E-state index in [4.69, 9.17) is 4.74 Å². The van der Waals surface area contributed by atoms with Crippen molar-refractivity contribution in [1.82, 2.24) is 16.0 Å². The van der Waals surface area contributed by atoms with Crippen LogP contribution in [0.1, 0.15) is 28.8 Å². The summed E-state index contributed by atoms with van der Waals surface area (Å²) < 4.78 is 5.58. The second-order valence-corrected chi connectivity index (χ2v) is 5.54. The van der Waals surface area contributed by atoms with E-state index in [1.54, 1.807) is 14.1 Å². The highest BCUT2D eigenvalue weighted by molar-refractivity contribution is 5.94. The van der Waals surface area contributed by atoms with Gasteiger partial charge in [-0.3, -0.25) is 9.79 Å². The first kappa shape index (κ1) is 17.3. The van der Waals surface area contributed by atoms with E-state index in [0.29, 0.717) is 5.56 Å². The first-order valence-corrected chi connectivity index (χ1v) is 8.10. The molecule has 1 aromatic carbocycles. The van der Waals surface area contributed by atoms with Crippen LogP contribution in [0.5, 0.6) is 0 Å². The lowest BCUT2D eigenvalue weighted by Gasteiger charge is -2.15. The summed E-state index contributed by atoms with van der Waals surface area (Å²) >= 11 is 0. The maximum absolute atomic E-state index is 11.6. The number of nitrogens with one attached hydrogen (secondary N) is 3. The number of guanidine groups is 1. The molecule has 3 N–H and O–H groups in total. The third-order valence-electron chi connectivity index (χ3n) is 3.87. The van der Waals surface area contributed by atoms with Crippen molar-refractivity contribution in [2.45, 2.75) is 25.4 Å². The molecule has 1 aliphatic heterocycles. The van der Waals surface area contributed by atoms with Gasteiger partial charge in [0.2, 0.25) is 0 Å². The van der Waals surface area contributed by atoms with Gasteiger partial charge >= 0.3 is 0 Å². The summed E-state index contributed by atoms with van der Waals surface area (Å²) in [6.07, 6.45) is 3.36. The molecular weight excluding hydrogens is 292 g/mol. The number of hydrogen-bond acceptors (Lipinski definition) is 3. The lowest BCUT2D eigenvalue weighted by molar-refractivity contribution is 0.0963. The van der Waals surface area contributed by atoms with E-state index >= 15 is 0 Å². The average Bonchev–Trinajstić information content (AvgIpc) is 3.11. The van der Waals surface area contributed by atoms with Crippen LogP contribution < -0.4 is 16.0 Å². The number of aliphatic imine (C=N–C) groups is 1. The molecule has 0 spiro atoms. The molecule has 1 amide bonds. The van der Waals surface area contributed by atoms with Crippen LogP contribution in [0.2, 0.25) is 0 Å². The van der Waals surface area contributed by atoms with Gasteiger partial charge in [-0.15, -0.1) is 0 Å². The Kier molecular flexibility index (Phi) is 6.87. The smallest absolute Gasteiger partial charge is 0.251 e. The Morgan fingerprint density at radius 3 is 2.96 bits per heavy atom. The number of benzene rings is 1. The molecule has 2 rings (SSSR count). The summed E-state index contributed by atoms with van der Waals surface area (Å²) in [5, 5.41) is 9.21. The Morgan fingerprint density at radius 1 is 1.39 bits per heavy atom. The Bertz CT molecular complexity index is 539. The largest absolute Gasteiger partial charge is 0.376 e.